The van der Waals surface area contributed by atoms with E-state index in [9.17, 15) is 0 Å². The number of fused-ring (bicyclic) bond motifs is 5. The highest BCUT2D eigenvalue weighted by Crippen LogP contribution is 2.54. The summed E-state index contributed by atoms with van der Waals surface area (Å²) in [6.07, 6.45) is 0. The second-order valence-electron chi connectivity index (χ2n) is 18.4. The summed E-state index contributed by atoms with van der Waals surface area (Å²) in [5, 5.41) is 9.35. The van der Waals surface area contributed by atoms with Crippen LogP contribution < -0.4 is 0 Å². The molecule has 2 aromatic heterocycles. The minimum Gasteiger partial charge on any atom is -0.236 e. The molecule has 0 spiro atoms. The van der Waals surface area contributed by atoms with Gasteiger partial charge in [0.2, 0.25) is 0 Å². The monoisotopic (exact) mass is 950 g/mol. The zero-order valence-electron chi connectivity index (χ0n) is 39.0. The molecule has 0 N–H and O–H groups in total. The molecule has 336 valence electrons. The van der Waals surface area contributed by atoms with Crippen molar-refractivity contribution in [2.75, 3.05) is 0 Å². The Labute approximate surface area is 425 Å². The highest BCUT2D eigenvalue weighted by Gasteiger charge is 2.26. The van der Waals surface area contributed by atoms with Crippen molar-refractivity contribution in [3.63, 3.8) is 0 Å². The second-order valence-corrected chi connectivity index (χ2v) is 20.4. The summed E-state index contributed by atoms with van der Waals surface area (Å²) in [4.78, 5) is 10.3. The number of hydrogen-bond acceptors (Lipinski definition) is 4. The Morgan fingerprint density at radius 2 is 0.486 bits per heavy atom. The van der Waals surface area contributed by atoms with Crippen LogP contribution in [0.1, 0.15) is 0 Å². The first-order chi connectivity index (χ1) is 35.7. The quantitative estimate of drug-likeness (QED) is 0.142. The van der Waals surface area contributed by atoms with E-state index in [1.807, 2.05) is 0 Å². The highest BCUT2D eigenvalue weighted by molar-refractivity contribution is 7.22. The summed E-state index contributed by atoms with van der Waals surface area (Å²) in [6, 6.07) is 92.8. The van der Waals surface area contributed by atoms with E-state index in [-0.39, 0.29) is 0 Å². The topological polar surface area (TPSA) is 25.8 Å². The molecule has 0 aliphatic carbocycles. The van der Waals surface area contributed by atoms with Crippen LogP contribution in [0.2, 0.25) is 0 Å². The first-order valence-corrected chi connectivity index (χ1v) is 26.0. The third kappa shape index (κ3) is 7.23. The van der Waals surface area contributed by atoms with Crippen molar-refractivity contribution in [1.29, 1.82) is 0 Å². The maximum Gasteiger partial charge on any atom is 0.124 e. The van der Waals surface area contributed by atoms with Crippen molar-refractivity contribution in [3.05, 3.63) is 255 Å². The van der Waals surface area contributed by atoms with Crippen LogP contribution in [-0.2, 0) is 0 Å². The fourth-order valence-corrected chi connectivity index (χ4v) is 12.8. The second kappa shape index (κ2) is 17.6. The molecule has 2 nitrogen and oxygen atoms in total. The molecule has 12 aromatic carbocycles. The molecule has 0 amide bonds. The smallest absolute Gasteiger partial charge is 0.124 e. The first-order valence-electron chi connectivity index (χ1n) is 24.4. The van der Waals surface area contributed by atoms with Crippen LogP contribution in [0.4, 0.5) is 0 Å². The average Bonchev–Trinajstić information content (AvgIpc) is 4.10. The first kappa shape index (κ1) is 42.1. The van der Waals surface area contributed by atoms with Crippen LogP contribution in [0, 0.1) is 0 Å². The minimum atomic E-state index is 1.01. The van der Waals surface area contributed by atoms with E-state index in [0.29, 0.717) is 0 Å². The van der Waals surface area contributed by atoms with Crippen LogP contribution in [-0.4, -0.2) is 9.97 Å². The van der Waals surface area contributed by atoms with Gasteiger partial charge in [-0.15, -0.1) is 22.7 Å². The van der Waals surface area contributed by atoms with Crippen LogP contribution in [0.25, 0.3) is 141 Å². The Morgan fingerprint density at radius 3 is 0.819 bits per heavy atom. The minimum absolute atomic E-state index is 1.01. The average molecular weight is 951 g/mol. The predicted octanol–water partition coefficient (Wildman–Crippen LogP) is 19.7. The Balaban J connectivity index is 1.00. The zero-order chi connectivity index (χ0) is 47.5. The number of rotatable bonds is 8. The molecule has 0 aliphatic rings. The molecule has 0 unspecified atom stereocenters. The van der Waals surface area contributed by atoms with Gasteiger partial charge < -0.3 is 0 Å². The van der Waals surface area contributed by atoms with Crippen molar-refractivity contribution in [2.24, 2.45) is 0 Å². The number of nitrogens with zero attached hydrogens (tertiary/aromatic N) is 2. The van der Waals surface area contributed by atoms with Gasteiger partial charge in [0.15, 0.2) is 0 Å². The van der Waals surface area contributed by atoms with Gasteiger partial charge in [0.25, 0.3) is 0 Å². The molecular weight excluding hydrogens is 909 g/mol. The lowest BCUT2D eigenvalue weighted by Gasteiger charge is -2.25. The van der Waals surface area contributed by atoms with E-state index in [2.05, 4.69) is 255 Å². The zero-order valence-corrected chi connectivity index (χ0v) is 40.6. The molecule has 0 atom stereocenters. The van der Waals surface area contributed by atoms with Gasteiger partial charge in [-0.1, -0.05) is 231 Å². The molecule has 0 aliphatic heterocycles. The third-order valence-electron chi connectivity index (χ3n) is 14.1. The number of hydrogen-bond donors (Lipinski definition) is 0. The van der Waals surface area contributed by atoms with Crippen LogP contribution in [0.3, 0.4) is 0 Å². The molecular formula is C68H42N2S2. The summed E-state index contributed by atoms with van der Waals surface area (Å²) in [5.41, 5.74) is 18.7. The Bertz CT molecular complexity index is 4050. The van der Waals surface area contributed by atoms with Crippen molar-refractivity contribution in [2.45, 2.75) is 0 Å². The summed E-state index contributed by atoms with van der Waals surface area (Å²) in [7, 11) is 0. The van der Waals surface area contributed by atoms with Gasteiger partial charge in [-0.2, -0.15) is 0 Å². The van der Waals surface area contributed by atoms with Gasteiger partial charge in [0.05, 0.1) is 20.4 Å². The molecule has 14 aromatic rings. The molecule has 0 bridgehead atoms. The van der Waals surface area contributed by atoms with E-state index in [1.165, 1.54) is 97.4 Å². The van der Waals surface area contributed by atoms with E-state index in [4.69, 9.17) is 9.97 Å². The Kier molecular flexibility index (Phi) is 10.3. The van der Waals surface area contributed by atoms with Gasteiger partial charge >= 0.3 is 0 Å². The van der Waals surface area contributed by atoms with Crippen LogP contribution in [0.5, 0.6) is 0 Å². The van der Waals surface area contributed by atoms with Crippen molar-refractivity contribution in [1.82, 2.24) is 9.97 Å². The standard InChI is InChI=1S/C68H42N2S2/c1-5-17-43(18-6-1)51-37-39-57-59(41-51)71-67(69-57)49-33-29-47(30-34-49)63-55-27-15-16-28-56(55)64(48-31-35-50(36-32-48)68-70-58-40-38-52(42-60(58)72-68)44-19-7-2-8-20-44)66-62(46-23-11-4-12-24-46)54-26-14-13-25-53(54)61(65(63)66)45-21-9-3-10-22-45/h1-42H. The van der Waals surface area contributed by atoms with E-state index in [1.54, 1.807) is 22.7 Å². The lowest BCUT2D eigenvalue weighted by atomic mass is 9.77. The molecule has 4 heteroatoms. The van der Waals surface area contributed by atoms with Crippen molar-refractivity contribution >= 4 is 75.4 Å². The van der Waals surface area contributed by atoms with Gasteiger partial charge in [0.1, 0.15) is 10.0 Å². The van der Waals surface area contributed by atoms with Crippen LogP contribution >= 0.6 is 22.7 Å². The maximum absolute atomic E-state index is 5.16. The number of thiazole rings is 2. The van der Waals surface area contributed by atoms with E-state index < -0.39 is 0 Å². The largest absolute Gasteiger partial charge is 0.236 e. The summed E-state index contributed by atoms with van der Waals surface area (Å²) >= 11 is 3.50. The summed E-state index contributed by atoms with van der Waals surface area (Å²) < 4.78 is 2.36. The van der Waals surface area contributed by atoms with Gasteiger partial charge in [-0.25, -0.2) is 9.97 Å². The molecule has 2 heterocycles. The summed E-state index contributed by atoms with van der Waals surface area (Å²) in [6.45, 7) is 0. The molecule has 0 saturated carbocycles. The van der Waals surface area contributed by atoms with Gasteiger partial charge in [-0.05, 0) is 123 Å². The SMILES string of the molecule is c1ccc(-c2ccc3nc(-c4ccc(-c5c6ccccc6c(-c6ccc(-c7nc8ccc(-c9ccccc9)cc8s7)cc6)c6c(-c7ccccc7)c7ccccc7c(-c7ccccc7)c56)cc4)sc3c2)cc1. The maximum atomic E-state index is 5.16. The third-order valence-corrected chi connectivity index (χ3v) is 16.3. The van der Waals surface area contributed by atoms with E-state index >= 15 is 0 Å². The van der Waals surface area contributed by atoms with Crippen LogP contribution in [0.15, 0.2) is 255 Å². The molecule has 0 fully saturated rings. The van der Waals surface area contributed by atoms with Gasteiger partial charge in [-0.3, -0.25) is 0 Å². The highest BCUT2D eigenvalue weighted by atomic mass is 32.1. The Morgan fingerprint density at radius 1 is 0.222 bits per heavy atom. The lowest BCUT2D eigenvalue weighted by Crippen LogP contribution is -1.97. The number of aromatic nitrogens is 2. The Hall–Kier alpha value is -8.80. The fraction of sp³-hybridized carbons (Fsp3) is 0. The fourth-order valence-electron chi connectivity index (χ4n) is 10.8. The summed E-state index contributed by atoms with van der Waals surface area (Å²) in [5.74, 6) is 0. The van der Waals surface area contributed by atoms with Gasteiger partial charge in [0, 0.05) is 11.1 Å². The molecule has 72 heavy (non-hydrogen) atoms. The van der Waals surface area contributed by atoms with E-state index in [0.717, 1.165) is 43.3 Å². The molecule has 0 saturated heterocycles. The predicted molar refractivity (Wildman–Crippen MR) is 309 cm³/mol. The lowest BCUT2D eigenvalue weighted by molar-refractivity contribution is 1.47. The molecule has 0 radical (unpaired) electrons. The molecule has 14 rings (SSSR count). The van der Waals surface area contributed by atoms with Crippen molar-refractivity contribution < 1.29 is 0 Å². The normalized spacial score (nSPS) is 11.6. The number of benzene rings is 12. The van der Waals surface area contributed by atoms with Crippen molar-refractivity contribution in [3.8, 4) is 87.9 Å².